The van der Waals surface area contributed by atoms with Crippen molar-refractivity contribution in [2.24, 2.45) is 29.6 Å². The summed E-state index contributed by atoms with van der Waals surface area (Å²) >= 11 is 0. The Labute approximate surface area is 172 Å². The number of carbonyl (C=O) groups excluding carboxylic acids is 1. The van der Waals surface area contributed by atoms with Gasteiger partial charge in [0, 0.05) is 24.7 Å². The largest absolute Gasteiger partial charge is 0.465 e. The van der Waals surface area contributed by atoms with Crippen LogP contribution in [0.3, 0.4) is 0 Å². The molecule has 5 nitrogen and oxygen atoms in total. The Morgan fingerprint density at radius 3 is 2.59 bits per heavy atom. The highest BCUT2D eigenvalue weighted by Crippen LogP contribution is 2.67. The number of rotatable bonds is 3. The van der Waals surface area contributed by atoms with Gasteiger partial charge in [0.2, 0.25) is 11.6 Å². The molecule has 0 amide bonds. The molecule has 7 rings (SSSR count). The molecule has 4 bridgehead atoms. The number of carbonyl (C=O) groups is 1. The number of methoxy groups -OCH3 is 1. The van der Waals surface area contributed by atoms with Crippen LogP contribution in [-0.4, -0.2) is 24.7 Å². The minimum atomic E-state index is -0.520. The highest BCUT2D eigenvalue weighted by atomic mass is 17.3. The first-order valence-electron chi connectivity index (χ1n) is 11.3. The van der Waals surface area contributed by atoms with E-state index in [-0.39, 0.29) is 5.97 Å². The number of ether oxygens (including phenoxy) is 2. The molecule has 0 aromatic heterocycles. The molecule has 29 heavy (non-hydrogen) atoms. The maximum atomic E-state index is 11.6. The summed E-state index contributed by atoms with van der Waals surface area (Å²) in [6.07, 6.45) is 10.2. The molecule has 5 aliphatic carbocycles. The molecule has 156 valence electrons. The molecular formula is C24H30O5. The van der Waals surface area contributed by atoms with E-state index in [9.17, 15) is 4.79 Å². The standard InChI is InChI=1S/C24H30O5/c1-26-22(25)18-4-2-15(3-5-18)10-16-6-8-23(9-7-16)27-24(29-28-23)20-12-17-11-19(14-20)21(24)13-17/h2-5,16-17,19-21H,6-14H2,1H3. The van der Waals surface area contributed by atoms with E-state index in [1.807, 2.05) is 24.3 Å². The van der Waals surface area contributed by atoms with Gasteiger partial charge in [-0.25, -0.2) is 4.79 Å². The molecule has 5 unspecified atom stereocenters. The quantitative estimate of drug-likeness (QED) is 0.548. The SMILES string of the molecule is COC(=O)c1ccc(CC2CCC3(CC2)OOC2(O3)C3CC4CC(C3)C2C4)cc1. The van der Waals surface area contributed by atoms with E-state index >= 15 is 0 Å². The summed E-state index contributed by atoms with van der Waals surface area (Å²) in [7, 11) is 1.41. The van der Waals surface area contributed by atoms with Gasteiger partial charge in [0.1, 0.15) is 0 Å². The minimum Gasteiger partial charge on any atom is -0.465 e. The van der Waals surface area contributed by atoms with E-state index in [1.165, 1.54) is 38.4 Å². The molecule has 0 N–H and O–H groups in total. The molecule has 2 spiro atoms. The lowest BCUT2D eigenvalue weighted by molar-refractivity contribution is -0.370. The van der Waals surface area contributed by atoms with E-state index in [1.54, 1.807) is 0 Å². The van der Waals surface area contributed by atoms with Gasteiger partial charge < -0.3 is 9.47 Å². The fraction of sp³-hybridized carbons (Fsp3) is 0.708. The molecule has 5 heteroatoms. The van der Waals surface area contributed by atoms with Crippen LogP contribution in [-0.2, 0) is 25.7 Å². The molecule has 1 aromatic rings. The van der Waals surface area contributed by atoms with Gasteiger partial charge in [-0.15, -0.1) is 0 Å². The average Bonchev–Trinajstić information content (AvgIpc) is 3.33. The van der Waals surface area contributed by atoms with E-state index in [2.05, 4.69) is 0 Å². The fourth-order valence-electron chi connectivity index (χ4n) is 7.17. The number of hydrogen-bond acceptors (Lipinski definition) is 5. The van der Waals surface area contributed by atoms with Gasteiger partial charge in [-0.3, -0.25) is 0 Å². The van der Waals surface area contributed by atoms with E-state index < -0.39 is 11.6 Å². The van der Waals surface area contributed by atoms with Gasteiger partial charge in [-0.2, -0.15) is 9.78 Å². The monoisotopic (exact) mass is 398 g/mol. The molecular weight excluding hydrogens is 368 g/mol. The van der Waals surface area contributed by atoms with Crippen LogP contribution in [0.5, 0.6) is 0 Å². The second-order valence-corrected chi connectivity index (χ2v) is 10.1. The van der Waals surface area contributed by atoms with Gasteiger partial charge in [0.15, 0.2) is 0 Å². The zero-order valence-corrected chi connectivity index (χ0v) is 17.1. The van der Waals surface area contributed by atoms with Crippen molar-refractivity contribution in [1.82, 2.24) is 0 Å². The number of hydrogen-bond donors (Lipinski definition) is 0. The Morgan fingerprint density at radius 2 is 1.86 bits per heavy atom. The summed E-state index contributed by atoms with van der Waals surface area (Å²) in [5.41, 5.74) is 1.87. The predicted molar refractivity (Wildman–Crippen MR) is 105 cm³/mol. The van der Waals surface area contributed by atoms with Crippen molar-refractivity contribution in [3.8, 4) is 0 Å². The van der Waals surface area contributed by atoms with Crippen LogP contribution in [0.25, 0.3) is 0 Å². The molecule has 1 saturated heterocycles. The third-order valence-electron chi connectivity index (χ3n) is 8.52. The first kappa shape index (κ1) is 18.3. The van der Waals surface area contributed by atoms with Crippen LogP contribution in [0.1, 0.15) is 67.3 Å². The molecule has 1 aliphatic heterocycles. The van der Waals surface area contributed by atoms with Gasteiger partial charge in [0.05, 0.1) is 12.7 Å². The van der Waals surface area contributed by atoms with Crippen molar-refractivity contribution in [2.75, 3.05) is 7.11 Å². The van der Waals surface area contributed by atoms with Crippen molar-refractivity contribution in [3.63, 3.8) is 0 Å². The summed E-state index contributed by atoms with van der Waals surface area (Å²) in [4.78, 5) is 23.7. The predicted octanol–water partition coefficient (Wildman–Crippen LogP) is 4.64. The lowest BCUT2D eigenvalue weighted by Gasteiger charge is -2.40. The summed E-state index contributed by atoms with van der Waals surface area (Å²) in [5.74, 6) is 2.16. The molecule has 6 fully saturated rings. The molecule has 1 heterocycles. The smallest absolute Gasteiger partial charge is 0.337 e. The maximum Gasteiger partial charge on any atom is 0.337 e. The minimum absolute atomic E-state index is 0.283. The lowest BCUT2D eigenvalue weighted by Crippen LogP contribution is -2.47. The molecule has 5 saturated carbocycles. The number of esters is 1. The topological polar surface area (TPSA) is 54.0 Å². The molecule has 5 atom stereocenters. The second-order valence-electron chi connectivity index (χ2n) is 10.1. The van der Waals surface area contributed by atoms with Gasteiger partial charge in [-0.1, -0.05) is 12.1 Å². The second kappa shape index (κ2) is 6.53. The van der Waals surface area contributed by atoms with Crippen LogP contribution >= 0.6 is 0 Å². The molecule has 1 aromatic carbocycles. The van der Waals surface area contributed by atoms with Crippen LogP contribution in [0.2, 0.25) is 0 Å². The Bertz CT molecular complexity index is 792. The third kappa shape index (κ3) is 2.81. The first-order chi connectivity index (χ1) is 14.1. The van der Waals surface area contributed by atoms with Gasteiger partial charge >= 0.3 is 5.97 Å². The zero-order chi connectivity index (χ0) is 19.6. The first-order valence-corrected chi connectivity index (χ1v) is 11.3. The van der Waals surface area contributed by atoms with Crippen molar-refractivity contribution < 1.29 is 24.0 Å². The molecule has 6 aliphatic rings. The summed E-state index contributed by atoms with van der Waals surface area (Å²) in [5, 5.41) is 0. The highest BCUT2D eigenvalue weighted by Gasteiger charge is 2.70. The third-order valence-corrected chi connectivity index (χ3v) is 8.52. The highest BCUT2D eigenvalue weighted by molar-refractivity contribution is 5.89. The van der Waals surface area contributed by atoms with Crippen molar-refractivity contribution in [3.05, 3.63) is 35.4 Å². The average molecular weight is 398 g/mol. The summed E-state index contributed by atoms with van der Waals surface area (Å²) in [6, 6.07) is 7.80. The van der Waals surface area contributed by atoms with Crippen LogP contribution < -0.4 is 0 Å². The van der Waals surface area contributed by atoms with Crippen molar-refractivity contribution >= 4 is 5.97 Å². The molecule has 0 radical (unpaired) electrons. The number of benzene rings is 1. The lowest BCUT2D eigenvalue weighted by atomic mass is 9.77. The van der Waals surface area contributed by atoms with Crippen molar-refractivity contribution in [1.29, 1.82) is 0 Å². The van der Waals surface area contributed by atoms with Crippen LogP contribution in [0.4, 0.5) is 0 Å². The summed E-state index contributed by atoms with van der Waals surface area (Å²) < 4.78 is 11.5. The normalized spacial score (nSPS) is 44.8. The Kier molecular flexibility index (Phi) is 4.13. The van der Waals surface area contributed by atoms with E-state index in [4.69, 9.17) is 19.2 Å². The van der Waals surface area contributed by atoms with E-state index in [0.717, 1.165) is 43.9 Å². The Balaban J connectivity index is 1.08. The Morgan fingerprint density at radius 1 is 1.07 bits per heavy atom. The maximum absolute atomic E-state index is 11.6. The zero-order valence-electron chi connectivity index (χ0n) is 17.1. The van der Waals surface area contributed by atoms with E-state index in [0.29, 0.717) is 23.3 Å². The van der Waals surface area contributed by atoms with Gasteiger partial charge in [-0.05, 0) is 80.4 Å². The van der Waals surface area contributed by atoms with Crippen LogP contribution in [0.15, 0.2) is 24.3 Å². The van der Waals surface area contributed by atoms with Crippen molar-refractivity contribution in [2.45, 2.75) is 69.4 Å². The summed E-state index contributed by atoms with van der Waals surface area (Å²) in [6.45, 7) is 0. The van der Waals surface area contributed by atoms with Gasteiger partial charge in [0.25, 0.3) is 0 Å². The fourth-order valence-corrected chi connectivity index (χ4v) is 7.17. The Hall–Kier alpha value is -1.43. The van der Waals surface area contributed by atoms with Crippen LogP contribution in [0, 0.1) is 29.6 Å².